The second-order valence-corrected chi connectivity index (χ2v) is 17.0. The van der Waals surface area contributed by atoms with E-state index >= 15 is 4.39 Å². The van der Waals surface area contributed by atoms with Crippen LogP contribution >= 0.6 is 0 Å². The largest absolute Gasteiger partial charge is 0.394 e. The number of ether oxygens (including phenoxy) is 2. The number of carbonyl (C=O) groups is 3. The lowest BCUT2D eigenvalue weighted by atomic mass is 9.85. The van der Waals surface area contributed by atoms with Crippen LogP contribution in [0.5, 0.6) is 0 Å². The molecule has 0 radical (unpaired) electrons. The fraction of sp³-hybridized carbons (Fsp3) is 0.523. The molecule has 338 valence electrons. The fourth-order valence-corrected chi connectivity index (χ4v) is 9.49. The molecular weight excluding hydrogens is 836 g/mol. The predicted octanol–water partition coefficient (Wildman–Crippen LogP) is 3.93. The van der Waals surface area contributed by atoms with Gasteiger partial charge in [0, 0.05) is 64.0 Å². The van der Waals surface area contributed by atoms with Crippen LogP contribution in [0.1, 0.15) is 90.6 Å². The number of likely N-dealkylation sites (tertiary alicyclic amines) is 1. The lowest BCUT2D eigenvalue weighted by Crippen LogP contribution is -2.47. The summed E-state index contributed by atoms with van der Waals surface area (Å²) in [5.74, 6) is 5.25. The van der Waals surface area contributed by atoms with Gasteiger partial charge in [-0.1, -0.05) is 24.0 Å². The van der Waals surface area contributed by atoms with Crippen LogP contribution in [0.2, 0.25) is 0 Å². The summed E-state index contributed by atoms with van der Waals surface area (Å²) in [6.07, 6.45) is 3.64. The molecule has 17 nitrogen and oxygen atoms in total. The number of hydrogen-bond acceptors (Lipinski definition) is 12. The summed E-state index contributed by atoms with van der Waals surface area (Å²) in [6.45, 7) is 2.95. The van der Waals surface area contributed by atoms with Crippen molar-refractivity contribution in [2.45, 2.75) is 81.7 Å². The molecule has 3 N–H and O–H groups in total. The van der Waals surface area contributed by atoms with Crippen LogP contribution in [-0.2, 0) is 26.1 Å². The smallest absolute Gasteiger partial charge is 0.284 e. The number of benzene rings is 1. The van der Waals surface area contributed by atoms with Gasteiger partial charge in [0.2, 0.25) is 11.8 Å². The Labute approximate surface area is 366 Å². The topological polar surface area (TPSA) is 186 Å². The lowest BCUT2D eigenvalue weighted by Gasteiger charge is -2.38. The van der Waals surface area contributed by atoms with Crippen LogP contribution in [0.4, 0.5) is 24.7 Å². The molecule has 0 spiro atoms. The number of aliphatic hydroxyl groups is 1. The van der Waals surface area contributed by atoms with Crippen LogP contribution in [0.3, 0.4) is 0 Å². The van der Waals surface area contributed by atoms with E-state index < -0.39 is 36.2 Å². The zero-order chi connectivity index (χ0) is 44.5. The maximum atomic E-state index is 15.5. The summed E-state index contributed by atoms with van der Waals surface area (Å²) in [7, 11) is 1.79. The Bertz CT molecular complexity index is 2590. The van der Waals surface area contributed by atoms with Crippen molar-refractivity contribution in [3.63, 3.8) is 0 Å². The number of nitrogens with one attached hydrogen (secondary N) is 2. The highest BCUT2D eigenvalue weighted by atomic mass is 19.3. The molecule has 3 aliphatic heterocycles. The molecule has 0 unspecified atom stereocenters. The molecule has 9 rings (SSSR count). The van der Waals surface area contributed by atoms with Crippen LogP contribution in [-0.4, -0.2) is 133 Å². The number of nitrogens with zero attached hydrogens (tertiary/aromatic N) is 9. The number of piperidine rings is 2. The Morgan fingerprint density at radius 3 is 2.72 bits per heavy atom. The molecule has 20 heteroatoms. The minimum Gasteiger partial charge on any atom is -0.394 e. The van der Waals surface area contributed by atoms with Crippen LogP contribution in [0.25, 0.3) is 16.6 Å². The molecule has 0 bridgehead atoms. The number of morpholine rings is 1. The van der Waals surface area contributed by atoms with Gasteiger partial charge in [-0.15, -0.1) is 0 Å². The Morgan fingerprint density at radius 1 is 1.09 bits per heavy atom. The van der Waals surface area contributed by atoms with Crippen molar-refractivity contribution in [2.75, 3.05) is 62.8 Å². The maximum Gasteiger partial charge on any atom is 0.284 e. The molecule has 4 fully saturated rings. The summed E-state index contributed by atoms with van der Waals surface area (Å²) in [5.41, 5.74) is 1.87. The van der Waals surface area contributed by atoms with Gasteiger partial charge in [0.05, 0.1) is 66.0 Å². The maximum absolute atomic E-state index is 15.5. The fourth-order valence-electron chi connectivity index (χ4n) is 9.49. The first-order chi connectivity index (χ1) is 31.0. The summed E-state index contributed by atoms with van der Waals surface area (Å²) in [6, 6.07) is 7.22. The van der Waals surface area contributed by atoms with Crippen molar-refractivity contribution in [3.05, 3.63) is 65.4 Å². The second-order valence-electron chi connectivity index (χ2n) is 17.0. The zero-order valence-corrected chi connectivity index (χ0v) is 35.3. The number of rotatable bonds is 11. The molecular formula is C44H50F3N11O6. The molecule has 5 aromatic rings. The standard InChI is InChI=1S/C44H50F3N11O6/c1-54-40-27(4-2-6-30(40)38(52-54)31-11-12-37(60)51-43(31)61)5-3-18-64-35-13-15-55(23-33(35)45)21-26-7-9-28(10-8-26)58-24-34(39(53-58)41(46)47)49-44(62)32-20-48-57-16-14-36(50-42(32)57)56-17-19-63-29(22-56)25-59/h2,4,6,14,16,20,24,26,28-29,31,33,35,41,59H,7-13,15,17-19,21-23,25H2,1H3,(H,49,62)(H,51,60,61)/t26?,28?,29-,31+,33-,35+/m0/s1. The number of alkyl halides is 3. The number of para-hydroxylation sites is 1. The highest BCUT2D eigenvalue weighted by Crippen LogP contribution is 2.36. The molecule has 64 heavy (non-hydrogen) atoms. The molecule has 1 saturated carbocycles. The van der Waals surface area contributed by atoms with E-state index in [9.17, 15) is 28.3 Å². The SMILES string of the molecule is Cn1nc([C@H]2CCC(=O)NC2=O)c2cccc(C#CCO[C@@H]3CCN(CC4CCC(n5cc(NC(=O)c6cnn7ccc(N8CCO[C@H](CO)C8)nc67)c(C(F)F)n5)CC4)C[C@@H]3F)c21. The first-order valence-corrected chi connectivity index (χ1v) is 21.8. The number of hydrogen-bond donors (Lipinski definition) is 3. The highest BCUT2D eigenvalue weighted by molar-refractivity contribution is 6.08. The van der Waals surface area contributed by atoms with Gasteiger partial charge in [0.1, 0.15) is 24.2 Å². The van der Waals surface area contributed by atoms with Crippen molar-refractivity contribution >= 4 is 45.8 Å². The van der Waals surface area contributed by atoms with E-state index in [4.69, 9.17) is 9.47 Å². The van der Waals surface area contributed by atoms with Crippen molar-refractivity contribution in [3.8, 4) is 11.8 Å². The van der Waals surface area contributed by atoms with Gasteiger partial charge >= 0.3 is 0 Å². The summed E-state index contributed by atoms with van der Waals surface area (Å²) >= 11 is 0. The summed E-state index contributed by atoms with van der Waals surface area (Å²) < 4.78 is 60.2. The lowest BCUT2D eigenvalue weighted by molar-refractivity contribution is -0.134. The first kappa shape index (κ1) is 43.4. The van der Waals surface area contributed by atoms with Gasteiger partial charge in [-0.3, -0.25) is 34.0 Å². The highest BCUT2D eigenvalue weighted by Gasteiger charge is 2.34. The number of carbonyl (C=O) groups excluding carboxylic acids is 3. The van der Waals surface area contributed by atoms with Gasteiger partial charge in [-0.05, 0) is 56.6 Å². The van der Waals surface area contributed by atoms with Crippen LogP contribution < -0.4 is 15.5 Å². The summed E-state index contributed by atoms with van der Waals surface area (Å²) in [4.78, 5) is 46.5. The zero-order valence-electron chi connectivity index (χ0n) is 35.3. The second kappa shape index (κ2) is 18.7. The Kier molecular flexibility index (Phi) is 12.7. The van der Waals surface area contributed by atoms with E-state index in [1.807, 2.05) is 23.1 Å². The minimum absolute atomic E-state index is 0.0522. The van der Waals surface area contributed by atoms with Crippen molar-refractivity contribution in [1.82, 2.24) is 44.4 Å². The molecule has 4 aliphatic rings. The average molecular weight is 886 g/mol. The third kappa shape index (κ3) is 9.07. The van der Waals surface area contributed by atoms with Gasteiger partial charge in [0.25, 0.3) is 12.3 Å². The average Bonchev–Trinajstić information content (AvgIpc) is 4.01. The number of aromatic nitrogens is 7. The monoisotopic (exact) mass is 885 g/mol. The number of imide groups is 1. The Morgan fingerprint density at radius 2 is 1.94 bits per heavy atom. The third-order valence-corrected chi connectivity index (χ3v) is 12.8. The number of aliphatic hydroxyl groups excluding tert-OH is 1. The van der Waals surface area contributed by atoms with Gasteiger partial charge in [-0.25, -0.2) is 22.7 Å². The van der Waals surface area contributed by atoms with Crippen molar-refractivity contribution in [2.24, 2.45) is 13.0 Å². The van der Waals surface area contributed by atoms with E-state index in [-0.39, 0.29) is 67.0 Å². The van der Waals surface area contributed by atoms with E-state index in [0.717, 1.165) is 30.3 Å². The number of halogens is 3. The van der Waals surface area contributed by atoms with E-state index in [2.05, 4.69) is 47.7 Å². The van der Waals surface area contributed by atoms with Crippen molar-refractivity contribution in [1.29, 1.82) is 0 Å². The predicted molar refractivity (Wildman–Crippen MR) is 227 cm³/mol. The van der Waals surface area contributed by atoms with Gasteiger partial charge in [-0.2, -0.15) is 15.3 Å². The number of aryl methyl sites for hydroxylation is 1. The normalized spacial score (nSPS) is 24.6. The third-order valence-electron chi connectivity index (χ3n) is 12.8. The summed E-state index contributed by atoms with van der Waals surface area (Å²) in [5, 5.41) is 28.5. The van der Waals surface area contributed by atoms with E-state index in [0.29, 0.717) is 74.9 Å². The molecule has 3 saturated heterocycles. The number of amides is 3. The van der Waals surface area contributed by atoms with E-state index in [1.165, 1.54) is 21.6 Å². The molecule has 7 heterocycles. The van der Waals surface area contributed by atoms with Crippen LogP contribution in [0, 0.1) is 17.8 Å². The van der Waals surface area contributed by atoms with E-state index in [1.54, 1.807) is 24.0 Å². The Balaban J connectivity index is 0.756. The van der Waals surface area contributed by atoms with Gasteiger partial charge < -0.3 is 24.8 Å². The molecule has 1 aliphatic carbocycles. The van der Waals surface area contributed by atoms with Gasteiger partial charge in [0.15, 0.2) is 11.3 Å². The minimum atomic E-state index is -2.92. The quantitative estimate of drug-likeness (QED) is 0.129. The number of fused-ring (bicyclic) bond motifs is 2. The molecule has 1 aromatic carbocycles. The van der Waals surface area contributed by atoms with Crippen molar-refractivity contribution < 1.29 is 42.1 Å². The number of anilines is 2. The molecule has 3 amide bonds. The Hall–Kier alpha value is -5.88. The molecule has 4 atom stereocenters. The first-order valence-electron chi connectivity index (χ1n) is 21.8. The van der Waals surface area contributed by atoms with Crippen LogP contribution in [0.15, 0.2) is 42.9 Å². The molecule has 4 aromatic heterocycles.